The van der Waals surface area contributed by atoms with Gasteiger partial charge in [-0.15, -0.1) is 0 Å². The van der Waals surface area contributed by atoms with Crippen LogP contribution in [0.3, 0.4) is 0 Å². The summed E-state index contributed by atoms with van der Waals surface area (Å²) in [5, 5.41) is 0.571. The molecule has 0 aliphatic carbocycles. The molecule has 0 saturated carbocycles. The summed E-state index contributed by atoms with van der Waals surface area (Å²) in [6.07, 6.45) is 0. The van der Waals surface area contributed by atoms with Crippen LogP contribution in [0.5, 0.6) is 0 Å². The van der Waals surface area contributed by atoms with Crippen molar-refractivity contribution >= 4 is 11.6 Å². The van der Waals surface area contributed by atoms with E-state index in [1.54, 1.807) is 13.0 Å². The molecule has 2 nitrogen and oxygen atoms in total. The summed E-state index contributed by atoms with van der Waals surface area (Å²) in [5.41, 5.74) is 4.83. The van der Waals surface area contributed by atoms with Crippen molar-refractivity contribution in [3.63, 3.8) is 0 Å². The lowest BCUT2D eigenvalue weighted by Gasteiger charge is -2.19. The zero-order valence-corrected chi connectivity index (χ0v) is 11.9. The third kappa shape index (κ3) is 2.82. The highest BCUT2D eigenvalue weighted by atomic mass is 35.5. The number of benzene rings is 2. The Labute approximate surface area is 121 Å². The van der Waals surface area contributed by atoms with Gasteiger partial charge in [0.05, 0.1) is 6.04 Å². The smallest absolute Gasteiger partial charge is 0.131 e. The van der Waals surface area contributed by atoms with Gasteiger partial charge >= 0.3 is 0 Å². The van der Waals surface area contributed by atoms with E-state index in [4.69, 9.17) is 17.4 Å². The number of hydrogen-bond acceptors (Lipinski definition) is 2. The summed E-state index contributed by atoms with van der Waals surface area (Å²) in [7, 11) is 0. The highest BCUT2D eigenvalue weighted by Crippen LogP contribution is 2.28. The molecule has 0 radical (unpaired) electrons. The van der Waals surface area contributed by atoms with Gasteiger partial charge < -0.3 is 0 Å². The Bertz CT molecular complexity index is 644. The fourth-order valence-electron chi connectivity index (χ4n) is 2.06. The molecular weight excluding hydrogens is 282 g/mol. The molecule has 0 aromatic heterocycles. The highest BCUT2D eigenvalue weighted by Gasteiger charge is 2.19. The molecule has 3 N–H and O–H groups in total. The first-order valence-corrected chi connectivity index (χ1v) is 6.49. The van der Waals surface area contributed by atoms with Gasteiger partial charge in [-0.25, -0.2) is 14.2 Å². The molecule has 0 saturated heterocycles. The van der Waals surface area contributed by atoms with Gasteiger partial charge in [0.2, 0.25) is 0 Å². The summed E-state index contributed by atoms with van der Waals surface area (Å²) in [6, 6.07) is 7.08. The summed E-state index contributed by atoms with van der Waals surface area (Å²) >= 11 is 6.08. The van der Waals surface area contributed by atoms with Gasteiger partial charge in [0, 0.05) is 16.7 Å². The Kier molecular flexibility index (Phi) is 4.38. The van der Waals surface area contributed by atoms with Crippen molar-refractivity contribution in [2.45, 2.75) is 19.9 Å². The fraction of sp³-hybridized carbons (Fsp3) is 0.200. The second-order valence-electron chi connectivity index (χ2n) is 4.73. The van der Waals surface area contributed by atoms with E-state index < -0.39 is 17.7 Å². The summed E-state index contributed by atoms with van der Waals surface area (Å²) < 4.78 is 27.3. The number of nitrogens with two attached hydrogens (primary N) is 1. The Morgan fingerprint density at radius 2 is 1.75 bits per heavy atom. The first-order valence-electron chi connectivity index (χ1n) is 6.11. The van der Waals surface area contributed by atoms with E-state index in [-0.39, 0.29) is 5.56 Å². The molecule has 2 aromatic carbocycles. The fourth-order valence-corrected chi connectivity index (χ4v) is 2.24. The lowest BCUT2D eigenvalue weighted by molar-refractivity contribution is 0.538. The third-order valence-corrected chi connectivity index (χ3v) is 3.69. The van der Waals surface area contributed by atoms with Crippen molar-refractivity contribution in [2.24, 2.45) is 5.84 Å². The molecule has 0 bridgehead atoms. The van der Waals surface area contributed by atoms with Crippen LogP contribution >= 0.6 is 11.6 Å². The molecule has 0 heterocycles. The van der Waals surface area contributed by atoms with Crippen molar-refractivity contribution in [1.29, 1.82) is 0 Å². The molecule has 5 heteroatoms. The minimum absolute atomic E-state index is 0.284. The first kappa shape index (κ1) is 14.9. The number of rotatable bonds is 3. The molecule has 2 aromatic rings. The monoisotopic (exact) mass is 296 g/mol. The van der Waals surface area contributed by atoms with Crippen LogP contribution in [0.2, 0.25) is 5.02 Å². The van der Waals surface area contributed by atoms with Gasteiger partial charge in [-0.3, -0.25) is 5.84 Å². The minimum Gasteiger partial charge on any atom is -0.271 e. The Morgan fingerprint density at radius 3 is 2.35 bits per heavy atom. The van der Waals surface area contributed by atoms with Crippen LogP contribution in [0.25, 0.3) is 0 Å². The average Bonchev–Trinajstić information content (AvgIpc) is 2.40. The maximum Gasteiger partial charge on any atom is 0.131 e. The van der Waals surface area contributed by atoms with Crippen LogP contribution in [0, 0.1) is 25.5 Å². The molecule has 0 spiro atoms. The maximum atomic E-state index is 14.0. The first-order chi connectivity index (χ1) is 9.43. The van der Waals surface area contributed by atoms with Crippen LogP contribution < -0.4 is 11.3 Å². The summed E-state index contributed by atoms with van der Waals surface area (Å²) in [4.78, 5) is 0. The molecule has 20 heavy (non-hydrogen) atoms. The van der Waals surface area contributed by atoms with Crippen molar-refractivity contribution < 1.29 is 8.78 Å². The van der Waals surface area contributed by atoms with Crippen LogP contribution in [0.15, 0.2) is 30.3 Å². The van der Waals surface area contributed by atoms with E-state index in [2.05, 4.69) is 5.43 Å². The standard InChI is InChI=1S/C15H15ClF2N2/c1-8-3-4-10(6-12(8)16)15(20-19)11-5-9(2)13(17)7-14(11)18/h3-7,15,20H,19H2,1-2H3. The molecule has 0 aliphatic heterocycles. The molecule has 0 fully saturated rings. The zero-order valence-electron chi connectivity index (χ0n) is 11.2. The van der Waals surface area contributed by atoms with E-state index in [9.17, 15) is 8.78 Å². The normalized spacial score (nSPS) is 12.5. The highest BCUT2D eigenvalue weighted by molar-refractivity contribution is 6.31. The SMILES string of the molecule is Cc1cc(C(NN)c2ccc(C)c(Cl)c2)c(F)cc1F. The molecule has 2 rings (SSSR count). The van der Waals surface area contributed by atoms with E-state index >= 15 is 0 Å². The van der Waals surface area contributed by atoms with Gasteiger partial charge in [0.25, 0.3) is 0 Å². The second kappa shape index (κ2) is 5.87. The van der Waals surface area contributed by atoms with E-state index in [0.29, 0.717) is 16.1 Å². The number of halogens is 3. The second-order valence-corrected chi connectivity index (χ2v) is 5.14. The molecule has 0 aliphatic rings. The number of hydrogen-bond donors (Lipinski definition) is 2. The van der Waals surface area contributed by atoms with Crippen molar-refractivity contribution in [3.8, 4) is 0 Å². The van der Waals surface area contributed by atoms with Gasteiger partial charge in [-0.1, -0.05) is 23.7 Å². The lowest BCUT2D eigenvalue weighted by atomic mass is 9.96. The van der Waals surface area contributed by atoms with Crippen LogP contribution in [-0.2, 0) is 0 Å². The van der Waals surface area contributed by atoms with Crippen molar-refractivity contribution in [1.82, 2.24) is 5.43 Å². The number of nitrogens with one attached hydrogen (secondary N) is 1. The lowest BCUT2D eigenvalue weighted by Crippen LogP contribution is -2.29. The van der Waals surface area contributed by atoms with Gasteiger partial charge in [0.15, 0.2) is 0 Å². The number of aryl methyl sites for hydroxylation is 2. The molecule has 1 unspecified atom stereocenters. The Morgan fingerprint density at radius 1 is 1.05 bits per heavy atom. The Hall–Kier alpha value is -1.49. The Balaban J connectivity index is 2.52. The molecule has 1 atom stereocenters. The van der Waals surface area contributed by atoms with Crippen LogP contribution in [-0.4, -0.2) is 0 Å². The molecule has 0 amide bonds. The van der Waals surface area contributed by atoms with Gasteiger partial charge in [-0.2, -0.15) is 0 Å². The largest absolute Gasteiger partial charge is 0.271 e. The van der Waals surface area contributed by atoms with Crippen LogP contribution in [0.4, 0.5) is 8.78 Å². The topological polar surface area (TPSA) is 38.0 Å². The molecule has 106 valence electrons. The average molecular weight is 297 g/mol. The van der Waals surface area contributed by atoms with Crippen molar-refractivity contribution in [3.05, 3.63) is 69.2 Å². The van der Waals surface area contributed by atoms with E-state index in [1.165, 1.54) is 6.07 Å². The minimum atomic E-state index is -0.646. The van der Waals surface area contributed by atoms with Gasteiger partial charge in [0.1, 0.15) is 11.6 Å². The van der Waals surface area contributed by atoms with Gasteiger partial charge in [-0.05, 0) is 42.7 Å². The van der Waals surface area contributed by atoms with Crippen LogP contribution in [0.1, 0.15) is 28.3 Å². The maximum absolute atomic E-state index is 14.0. The summed E-state index contributed by atoms with van der Waals surface area (Å²) in [5.74, 6) is 4.30. The van der Waals surface area contributed by atoms with E-state index in [1.807, 2.05) is 19.1 Å². The van der Waals surface area contributed by atoms with Crippen molar-refractivity contribution in [2.75, 3.05) is 0 Å². The summed E-state index contributed by atoms with van der Waals surface area (Å²) in [6.45, 7) is 3.45. The predicted molar refractivity (Wildman–Crippen MR) is 76.5 cm³/mol. The quantitative estimate of drug-likeness (QED) is 0.668. The molecular formula is C15H15ClF2N2. The number of hydrazine groups is 1. The van der Waals surface area contributed by atoms with E-state index in [0.717, 1.165) is 11.6 Å². The third-order valence-electron chi connectivity index (χ3n) is 3.28. The zero-order chi connectivity index (χ0) is 14.9. The predicted octanol–water partition coefficient (Wildman–Crippen LogP) is 3.79.